The minimum absolute atomic E-state index is 0.184. The number of nitrogen functional groups attached to an aromatic ring is 1. The Morgan fingerprint density at radius 1 is 1.24 bits per heavy atom. The van der Waals surface area contributed by atoms with Crippen LogP contribution in [0.4, 0.5) is 11.4 Å². The summed E-state index contributed by atoms with van der Waals surface area (Å²) in [5, 5.41) is 0. The largest absolute Gasteiger partial charge is 0.397 e. The predicted molar refractivity (Wildman–Crippen MR) is 65.6 cm³/mol. The molecule has 2 rings (SSSR count). The number of hydrogen-bond donors (Lipinski definition) is 1. The van der Waals surface area contributed by atoms with Gasteiger partial charge >= 0.3 is 0 Å². The highest BCUT2D eigenvalue weighted by Gasteiger charge is 2.14. The van der Waals surface area contributed by atoms with Crippen molar-refractivity contribution in [1.82, 2.24) is 9.97 Å². The highest BCUT2D eigenvalue weighted by atomic mass is 16.2. The van der Waals surface area contributed by atoms with Crippen LogP contribution in [-0.4, -0.2) is 22.9 Å². The van der Waals surface area contributed by atoms with Gasteiger partial charge in [0.05, 0.1) is 11.9 Å². The number of carbonyl (C=O) groups excluding carboxylic acids is 1. The fraction of sp³-hybridized carbons (Fsp3) is 0.0833. The summed E-state index contributed by atoms with van der Waals surface area (Å²) in [7, 11) is 1.69. The number of amides is 1. The van der Waals surface area contributed by atoms with E-state index in [9.17, 15) is 4.79 Å². The quantitative estimate of drug-likeness (QED) is 0.841. The Morgan fingerprint density at radius 3 is 2.53 bits per heavy atom. The van der Waals surface area contributed by atoms with Crippen molar-refractivity contribution in [2.24, 2.45) is 0 Å². The lowest BCUT2D eigenvalue weighted by molar-refractivity contribution is 0.0988. The molecule has 0 saturated heterocycles. The maximum atomic E-state index is 12.1. The van der Waals surface area contributed by atoms with E-state index in [0.29, 0.717) is 11.4 Å². The number of nitrogens with zero attached hydrogens (tertiary/aromatic N) is 3. The van der Waals surface area contributed by atoms with Crippen LogP contribution in [0.3, 0.4) is 0 Å². The molecule has 0 aromatic carbocycles. The van der Waals surface area contributed by atoms with Crippen LogP contribution in [-0.2, 0) is 0 Å². The second-order valence-electron chi connectivity index (χ2n) is 3.55. The molecule has 0 fully saturated rings. The SMILES string of the molecule is CN(C(=O)c1ccc(N)cn1)c1ccncc1. The first kappa shape index (κ1) is 11.1. The van der Waals surface area contributed by atoms with Gasteiger partial charge in [0, 0.05) is 25.1 Å². The Balaban J connectivity index is 2.23. The summed E-state index contributed by atoms with van der Waals surface area (Å²) in [4.78, 5) is 21.5. The lowest BCUT2D eigenvalue weighted by Gasteiger charge is -2.16. The zero-order chi connectivity index (χ0) is 12.3. The van der Waals surface area contributed by atoms with Crippen molar-refractivity contribution in [2.75, 3.05) is 17.7 Å². The zero-order valence-corrected chi connectivity index (χ0v) is 9.37. The minimum Gasteiger partial charge on any atom is -0.397 e. The molecule has 0 bridgehead atoms. The Kier molecular flexibility index (Phi) is 3.00. The molecule has 2 heterocycles. The summed E-state index contributed by atoms with van der Waals surface area (Å²) in [5.74, 6) is -0.184. The average Bonchev–Trinajstić information content (AvgIpc) is 2.39. The van der Waals surface area contributed by atoms with E-state index < -0.39 is 0 Å². The third kappa shape index (κ3) is 2.39. The third-order valence-corrected chi connectivity index (χ3v) is 2.36. The van der Waals surface area contributed by atoms with Gasteiger partial charge < -0.3 is 10.6 Å². The molecule has 0 saturated carbocycles. The number of nitrogens with two attached hydrogens (primary N) is 1. The summed E-state index contributed by atoms with van der Waals surface area (Å²) >= 11 is 0. The number of anilines is 2. The third-order valence-electron chi connectivity index (χ3n) is 2.36. The first-order chi connectivity index (χ1) is 8.18. The molecule has 5 nitrogen and oxygen atoms in total. The summed E-state index contributed by atoms with van der Waals surface area (Å²) in [6.07, 6.45) is 4.73. The summed E-state index contributed by atoms with van der Waals surface area (Å²) in [5.41, 5.74) is 7.18. The monoisotopic (exact) mass is 228 g/mol. The Hall–Kier alpha value is -2.43. The van der Waals surface area contributed by atoms with Crippen molar-refractivity contribution in [3.63, 3.8) is 0 Å². The van der Waals surface area contributed by atoms with Crippen LogP contribution in [0.15, 0.2) is 42.9 Å². The molecule has 0 aliphatic carbocycles. The molecule has 0 unspecified atom stereocenters. The molecule has 17 heavy (non-hydrogen) atoms. The highest BCUT2D eigenvalue weighted by Crippen LogP contribution is 2.13. The lowest BCUT2D eigenvalue weighted by atomic mass is 10.3. The van der Waals surface area contributed by atoms with Crippen molar-refractivity contribution in [1.29, 1.82) is 0 Å². The second-order valence-corrected chi connectivity index (χ2v) is 3.55. The maximum Gasteiger partial charge on any atom is 0.276 e. The molecule has 2 N–H and O–H groups in total. The van der Waals surface area contributed by atoms with Gasteiger partial charge in [0.15, 0.2) is 0 Å². The van der Waals surface area contributed by atoms with E-state index in [1.54, 1.807) is 43.7 Å². The van der Waals surface area contributed by atoms with Crippen molar-refractivity contribution in [2.45, 2.75) is 0 Å². The molecule has 2 aromatic rings. The predicted octanol–water partition coefficient (Wildman–Crippen LogP) is 1.34. The van der Waals surface area contributed by atoms with Gasteiger partial charge in [-0.25, -0.2) is 4.98 Å². The second kappa shape index (κ2) is 4.61. The van der Waals surface area contributed by atoms with E-state index in [0.717, 1.165) is 5.69 Å². The molecule has 0 radical (unpaired) electrons. The Labute approximate surface area is 98.9 Å². The van der Waals surface area contributed by atoms with E-state index in [2.05, 4.69) is 9.97 Å². The number of aromatic nitrogens is 2. The van der Waals surface area contributed by atoms with Gasteiger partial charge in [-0.05, 0) is 24.3 Å². The van der Waals surface area contributed by atoms with Crippen molar-refractivity contribution in [3.05, 3.63) is 48.5 Å². The normalized spacial score (nSPS) is 9.94. The van der Waals surface area contributed by atoms with Crippen LogP contribution in [0.2, 0.25) is 0 Å². The number of rotatable bonds is 2. The van der Waals surface area contributed by atoms with E-state index in [4.69, 9.17) is 5.73 Å². The molecular formula is C12H12N4O. The van der Waals surface area contributed by atoms with Gasteiger partial charge in [0.25, 0.3) is 5.91 Å². The number of carbonyl (C=O) groups is 1. The summed E-state index contributed by atoms with van der Waals surface area (Å²) in [6.45, 7) is 0. The fourth-order valence-electron chi connectivity index (χ4n) is 1.39. The zero-order valence-electron chi connectivity index (χ0n) is 9.37. The van der Waals surface area contributed by atoms with Gasteiger partial charge in [0.1, 0.15) is 5.69 Å². The molecule has 0 atom stereocenters. The van der Waals surface area contributed by atoms with E-state index in [-0.39, 0.29) is 5.91 Å². The van der Waals surface area contributed by atoms with Gasteiger partial charge in [-0.2, -0.15) is 0 Å². The lowest BCUT2D eigenvalue weighted by Crippen LogP contribution is -2.27. The Bertz CT molecular complexity index is 510. The molecule has 0 aliphatic rings. The Morgan fingerprint density at radius 2 is 1.94 bits per heavy atom. The molecule has 0 spiro atoms. The van der Waals surface area contributed by atoms with Gasteiger partial charge in [-0.15, -0.1) is 0 Å². The van der Waals surface area contributed by atoms with E-state index in [1.807, 2.05) is 0 Å². The van der Waals surface area contributed by atoms with Crippen LogP contribution >= 0.6 is 0 Å². The first-order valence-corrected chi connectivity index (χ1v) is 5.08. The van der Waals surface area contributed by atoms with Crippen molar-refractivity contribution in [3.8, 4) is 0 Å². The fourth-order valence-corrected chi connectivity index (χ4v) is 1.39. The van der Waals surface area contributed by atoms with Crippen LogP contribution in [0, 0.1) is 0 Å². The van der Waals surface area contributed by atoms with Crippen LogP contribution in [0.5, 0.6) is 0 Å². The first-order valence-electron chi connectivity index (χ1n) is 5.08. The van der Waals surface area contributed by atoms with Crippen molar-refractivity contribution >= 4 is 17.3 Å². The van der Waals surface area contributed by atoms with E-state index >= 15 is 0 Å². The van der Waals surface area contributed by atoms with Crippen LogP contribution in [0.25, 0.3) is 0 Å². The topological polar surface area (TPSA) is 72.1 Å². The average molecular weight is 228 g/mol. The number of hydrogen-bond acceptors (Lipinski definition) is 4. The highest BCUT2D eigenvalue weighted by molar-refractivity contribution is 6.04. The molecule has 86 valence electrons. The van der Waals surface area contributed by atoms with Crippen molar-refractivity contribution < 1.29 is 4.79 Å². The molecule has 2 aromatic heterocycles. The minimum atomic E-state index is -0.184. The van der Waals surface area contributed by atoms with Gasteiger partial charge in [-0.3, -0.25) is 9.78 Å². The molecule has 1 amide bonds. The van der Waals surface area contributed by atoms with E-state index in [1.165, 1.54) is 11.1 Å². The smallest absolute Gasteiger partial charge is 0.276 e. The molecule has 5 heteroatoms. The number of pyridine rings is 2. The molecule has 0 aliphatic heterocycles. The summed E-state index contributed by atoms with van der Waals surface area (Å²) < 4.78 is 0. The van der Waals surface area contributed by atoms with Gasteiger partial charge in [0.2, 0.25) is 0 Å². The van der Waals surface area contributed by atoms with Crippen LogP contribution in [0.1, 0.15) is 10.5 Å². The summed E-state index contributed by atoms with van der Waals surface area (Å²) in [6, 6.07) is 6.78. The van der Waals surface area contributed by atoms with Gasteiger partial charge in [-0.1, -0.05) is 0 Å². The standard InChI is InChI=1S/C12H12N4O/c1-16(10-4-6-14-7-5-10)12(17)11-3-2-9(13)8-15-11/h2-8H,13H2,1H3. The van der Waals surface area contributed by atoms with Crippen LogP contribution < -0.4 is 10.6 Å². The molecular weight excluding hydrogens is 216 g/mol. The maximum absolute atomic E-state index is 12.1.